The molecule has 4 nitrogen and oxygen atoms in total. The van der Waals surface area contributed by atoms with E-state index in [9.17, 15) is 0 Å². The number of hydrogen-bond donors (Lipinski definition) is 2. The van der Waals surface area contributed by atoms with E-state index in [1.807, 2.05) is 6.92 Å². The summed E-state index contributed by atoms with van der Waals surface area (Å²) < 4.78 is 0. The Hall–Kier alpha value is -1.00. The molecular weight excluding hydrogens is 154 g/mol. The Bertz CT molecular complexity index is 215. The van der Waals surface area contributed by atoms with Gasteiger partial charge in [0, 0.05) is 31.2 Å². The van der Waals surface area contributed by atoms with E-state index in [-0.39, 0.29) is 12.6 Å². The van der Waals surface area contributed by atoms with E-state index < -0.39 is 0 Å². The Morgan fingerprint density at radius 1 is 1.58 bits per heavy atom. The third-order valence-electron chi connectivity index (χ3n) is 1.59. The first kappa shape index (κ1) is 9.09. The van der Waals surface area contributed by atoms with Gasteiger partial charge in [0.15, 0.2) is 0 Å². The number of nitrogens with zero attached hydrogens (tertiary/aromatic N) is 2. The molecule has 0 aromatic carbocycles. The summed E-state index contributed by atoms with van der Waals surface area (Å²) in [5.41, 5.74) is 0.894. The minimum atomic E-state index is 0.143. The van der Waals surface area contributed by atoms with Crippen LogP contribution in [0.15, 0.2) is 18.6 Å². The molecule has 1 heterocycles. The summed E-state index contributed by atoms with van der Waals surface area (Å²) in [5.74, 6) is 0. The Morgan fingerprint density at radius 3 is 3.00 bits per heavy atom. The fourth-order valence-electron chi connectivity index (χ4n) is 0.920. The Labute approximate surface area is 71.7 Å². The molecule has 0 aliphatic heterocycles. The van der Waals surface area contributed by atoms with Crippen molar-refractivity contribution in [1.82, 2.24) is 15.3 Å². The Balaban J connectivity index is 2.48. The molecule has 0 saturated carbocycles. The molecule has 0 fully saturated rings. The van der Waals surface area contributed by atoms with Crippen LogP contribution in [0.25, 0.3) is 0 Å². The van der Waals surface area contributed by atoms with Crippen LogP contribution in [0.3, 0.4) is 0 Å². The SMILES string of the molecule is C[C@H](NCCO)c1cnccn1. The molecule has 0 radical (unpaired) electrons. The van der Waals surface area contributed by atoms with Crippen LogP contribution in [0.2, 0.25) is 0 Å². The van der Waals surface area contributed by atoms with Gasteiger partial charge in [0.2, 0.25) is 0 Å². The maximum atomic E-state index is 8.56. The van der Waals surface area contributed by atoms with Crippen LogP contribution in [-0.2, 0) is 0 Å². The fourth-order valence-corrected chi connectivity index (χ4v) is 0.920. The van der Waals surface area contributed by atoms with E-state index in [1.54, 1.807) is 18.6 Å². The van der Waals surface area contributed by atoms with Gasteiger partial charge < -0.3 is 10.4 Å². The van der Waals surface area contributed by atoms with Gasteiger partial charge >= 0.3 is 0 Å². The van der Waals surface area contributed by atoms with E-state index >= 15 is 0 Å². The van der Waals surface area contributed by atoms with Crippen LogP contribution in [0.4, 0.5) is 0 Å². The van der Waals surface area contributed by atoms with E-state index in [0.29, 0.717) is 6.54 Å². The first-order chi connectivity index (χ1) is 5.84. The largest absolute Gasteiger partial charge is 0.395 e. The van der Waals surface area contributed by atoms with E-state index in [1.165, 1.54) is 0 Å². The van der Waals surface area contributed by atoms with Gasteiger partial charge in [-0.25, -0.2) is 0 Å². The van der Waals surface area contributed by atoms with Crippen LogP contribution >= 0.6 is 0 Å². The molecule has 1 rings (SSSR count). The third-order valence-corrected chi connectivity index (χ3v) is 1.59. The molecule has 1 aromatic rings. The standard InChI is InChI=1S/C8H13N3O/c1-7(10-4-5-12)8-6-9-2-3-11-8/h2-3,6-7,10,12H,4-5H2,1H3/t7-/m0/s1. The van der Waals surface area contributed by atoms with Crippen molar-refractivity contribution in [2.24, 2.45) is 0 Å². The van der Waals surface area contributed by atoms with Crippen molar-refractivity contribution in [3.8, 4) is 0 Å². The Kier molecular flexibility index (Phi) is 3.63. The number of hydrogen-bond acceptors (Lipinski definition) is 4. The van der Waals surface area contributed by atoms with Crippen LogP contribution in [0, 0.1) is 0 Å². The minimum absolute atomic E-state index is 0.143. The number of rotatable bonds is 4. The molecule has 1 aromatic heterocycles. The molecular formula is C8H13N3O. The van der Waals surface area contributed by atoms with Crippen molar-refractivity contribution in [1.29, 1.82) is 0 Å². The van der Waals surface area contributed by atoms with Gasteiger partial charge in [-0.05, 0) is 6.92 Å². The lowest BCUT2D eigenvalue weighted by Crippen LogP contribution is -2.22. The minimum Gasteiger partial charge on any atom is -0.395 e. The highest BCUT2D eigenvalue weighted by Gasteiger charge is 2.03. The summed E-state index contributed by atoms with van der Waals surface area (Å²) in [6.45, 7) is 2.71. The van der Waals surface area contributed by atoms with Gasteiger partial charge in [-0.3, -0.25) is 9.97 Å². The lowest BCUT2D eigenvalue weighted by Gasteiger charge is -2.10. The van der Waals surface area contributed by atoms with Crippen molar-refractivity contribution >= 4 is 0 Å². The van der Waals surface area contributed by atoms with Crippen LogP contribution < -0.4 is 5.32 Å². The molecule has 0 bridgehead atoms. The van der Waals surface area contributed by atoms with Crippen LogP contribution in [0.5, 0.6) is 0 Å². The second-order valence-electron chi connectivity index (χ2n) is 2.53. The summed E-state index contributed by atoms with van der Waals surface area (Å²) in [7, 11) is 0. The van der Waals surface area contributed by atoms with Crippen molar-refractivity contribution in [3.05, 3.63) is 24.3 Å². The predicted molar refractivity (Wildman–Crippen MR) is 45.5 cm³/mol. The molecule has 0 aliphatic carbocycles. The van der Waals surface area contributed by atoms with Gasteiger partial charge in [-0.15, -0.1) is 0 Å². The van der Waals surface area contributed by atoms with Crippen molar-refractivity contribution in [2.45, 2.75) is 13.0 Å². The van der Waals surface area contributed by atoms with Gasteiger partial charge in [-0.1, -0.05) is 0 Å². The lowest BCUT2D eigenvalue weighted by atomic mass is 10.2. The molecule has 66 valence electrons. The summed E-state index contributed by atoms with van der Waals surface area (Å²) in [4.78, 5) is 8.07. The van der Waals surface area contributed by atoms with Crippen molar-refractivity contribution in [3.63, 3.8) is 0 Å². The molecule has 1 atom stereocenters. The monoisotopic (exact) mass is 167 g/mol. The second kappa shape index (κ2) is 4.79. The molecule has 4 heteroatoms. The maximum Gasteiger partial charge on any atom is 0.0753 e. The average molecular weight is 167 g/mol. The van der Waals surface area contributed by atoms with E-state index in [2.05, 4.69) is 15.3 Å². The normalized spacial score (nSPS) is 12.8. The zero-order valence-corrected chi connectivity index (χ0v) is 7.07. The molecule has 0 unspecified atom stereocenters. The first-order valence-electron chi connectivity index (χ1n) is 3.94. The van der Waals surface area contributed by atoms with Crippen LogP contribution in [0.1, 0.15) is 18.7 Å². The summed E-state index contributed by atoms with van der Waals surface area (Å²) in [5, 5.41) is 11.7. The summed E-state index contributed by atoms with van der Waals surface area (Å²) in [6, 6.07) is 0.144. The molecule has 0 saturated heterocycles. The first-order valence-corrected chi connectivity index (χ1v) is 3.94. The molecule has 12 heavy (non-hydrogen) atoms. The fraction of sp³-hybridized carbons (Fsp3) is 0.500. The quantitative estimate of drug-likeness (QED) is 0.668. The third kappa shape index (κ3) is 2.56. The molecule has 0 aliphatic rings. The van der Waals surface area contributed by atoms with Crippen molar-refractivity contribution in [2.75, 3.05) is 13.2 Å². The second-order valence-corrected chi connectivity index (χ2v) is 2.53. The topological polar surface area (TPSA) is 58.0 Å². The van der Waals surface area contributed by atoms with Crippen LogP contribution in [-0.4, -0.2) is 28.2 Å². The highest BCUT2D eigenvalue weighted by Crippen LogP contribution is 2.04. The number of aromatic nitrogens is 2. The lowest BCUT2D eigenvalue weighted by molar-refractivity contribution is 0.286. The highest BCUT2D eigenvalue weighted by molar-refractivity contribution is 5.00. The highest BCUT2D eigenvalue weighted by atomic mass is 16.3. The van der Waals surface area contributed by atoms with Crippen molar-refractivity contribution < 1.29 is 5.11 Å². The average Bonchev–Trinajstić information content (AvgIpc) is 2.15. The smallest absolute Gasteiger partial charge is 0.0753 e. The van der Waals surface area contributed by atoms with Gasteiger partial charge in [-0.2, -0.15) is 0 Å². The van der Waals surface area contributed by atoms with E-state index in [4.69, 9.17) is 5.11 Å². The number of nitrogens with one attached hydrogen (secondary N) is 1. The van der Waals surface area contributed by atoms with E-state index in [0.717, 1.165) is 5.69 Å². The zero-order chi connectivity index (χ0) is 8.81. The summed E-state index contributed by atoms with van der Waals surface area (Å²) in [6.07, 6.45) is 5.02. The summed E-state index contributed by atoms with van der Waals surface area (Å²) >= 11 is 0. The maximum absolute atomic E-state index is 8.56. The Morgan fingerprint density at radius 2 is 2.42 bits per heavy atom. The number of aliphatic hydroxyl groups excluding tert-OH is 1. The predicted octanol–water partition coefficient (Wildman–Crippen LogP) is 0.120. The zero-order valence-electron chi connectivity index (χ0n) is 7.07. The molecule has 2 N–H and O–H groups in total. The van der Waals surface area contributed by atoms with Gasteiger partial charge in [0.05, 0.1) is 12.3 Å². The van der Waals surface area contributed by atoms with Gasteiger partial charge in [0.25, 0.3) is 0 Å². The molecule has 0 spiro atoms. The molecule has 0 amide bonds. The number of aliphatic hydroxyl groups is 1. The van der Waals surface area contributed by atoms with Gasteiger partial charge in [0.1, 0.15) is 0 Å².